The smallest absolute Gasteiger partial charge is 0.0561 e. The van der Waals surface area contributed by atoms with Crippen LogP contribution in [0.2, 0.25) is 0 Å². The lowest BCUT2D eigenvalue weighted by atomic mass is 9.82. The van der Waals surface area contributed by atoms with E-state index in [2.05, 4.69) is 230 Å². The largest absolute Gasteiger partial charge is 0.310 e. The Balaban J connectivity index is 1.03. The Labute approximate surface area is 353 Å². The second-order valence-electron chi connectivity index (χ2n) is 16.6. The number of thiophene rings is 1. The van der Waals surface area contributed by atoms with Crippen molar-refractivity contribution in [3.05, 3.63) is 217 Å². The van der Waals surface area contributed by atoms with Crippen LogP contribution in [0.1, 0.15) is 25.0 Å². The van der Waals surface area contributed by atoms with E-state index in [1.807, 2.05) is 11.3 Å². The molecule has 9 aromatic carbocycles. The lowest BCUT2D eigenvalue weighted by Gasteiger charge is -2.28. The van der Waals surface area contributed by atoms with Gasteiger partial charge in [-0.05, 0) is 111 Å². The van der Waals surface area contributed by atoms with Gasteiger partial charge in [-0.2, -0.15) is 0 Å². The lowest BCUT2D eigenvalue weighted by Crippen LogP contribution is -2.16. The molecule has 0 radical (unpaired) electrons. The van der Waals surface area contributed by atoms with Crippen molar-refractivity contribution in [3.63, 3.8) is 0 Å². The van der Waals surface area contributed by atoms with Crippen molar-refractivity contribution in [1.82, 2.24) is 4.57 Å². The van der Waals surface area contributed by atoms with Gasteiger partial charge in [0.2, 0.25) is 0 Å². The highest BCUT2D eigenvalue weighted by atomic mass is 32.1. The minimum Gasteiger partial charge on any atom is -0.310 e. The molecule has 0 spiro atoms. The van der Waals surface area contributed by atoms with E-state index in [9.17, 15) is 0 Å². The molecule has 2 aromatic heterocycles. The van der Waals surface area contributed by atoms with Crippen molar-refractivity contribution in [3.8, 4) is 39.1 Å². The maximum atomic E-state index is 2.46. The van der Waals surface area contributed by atoms with E-state index in [4.69, 9.17) is 0 Å². The monoisotopic (exact) mass is 784 g/mol. The lowest BCUT2D eigenvalue weighted by molar-refractivity contribution is 0.660. The van der Waals surface area contributed by atoms with Gasteiger partial charge in [-0.3, -0.25) is 0 Å². The number of aromatic nitrogens is 1. The van der Waals surface area contributed by atoms with Crippen LogP contribution in [0.4, 0.5) is 17.1 Å². The number of hydrogen-bond acceptors (Lipinski definition) is 2. The van der Waals surface area contributed by atoms with E-state index in [-0.39, 0.29) is 5.41 Å². The van der Waals surface area contributed by atoms with Crippen LogP contribution < -0.4 is 4.90 Å². The van der Waals surface area contributed by atoms with Crippen LogP contribution in [0.15, 0.2) is 206 Å². The number of rotatable bonds is 6. The molecule has 2 nitrogen and oxygen atoms in total. The highest BCUT2D eigenvalue weighted by molar-refractivity contribution is 7.25. The summed E-state index contributed by atoms with van der Waals surface area (Å²) in [6.07, 6.45) is 0. The second-order valence-corrected chi connectivity index (χ2v) is 17.6. The number of anilines is 3. The Morgan fingerprint density at radius 2 is 0.950 bits per heavy atom. The maximum Gasteiger partial charge on any atom is 0.0561 e. The molecule has 1 aliphatic carbocycles. The number of benzene rings is 9. The fourth-order valence-electron chi connectivity index (χ4n) is 9.80. The van der Waals surface area contributed by atoms with Gasteiger partial charge < -0.3 is 9.47 Å². The second kappa shape index (κ2) is 13.4. The van der Waals surface area contributed by atoms with Crippen molar-refractivity contribution in [2.24, 2.45) is 0 Å². The zero-order valence-corrected chi connectivity index (χ0v) is 34.2. The minimum atomic E-state index is -0.121. The van der Waals surface area contributed by atoms with Gasteiger partial charge in [0.1, 0.15) is 0 Å². The molecule has 60 heavy (non-hydrogen) atoms. The van der Waals surface area contributed by atoms with E-state index >= 15 is 0 Å². The standard InChI is InChI=1S/C57H40N2S/c1-57(2)51-17-9-6-14-45(51)46-31-28-43(35-52(46)57)58(41-26-24-40(25-27-41)39-22-20-38(21-23-39)37-12-4-3-5-13-37)44-29-32-48-47-15-7-10-18-53(47)59(54(48)36-44)42-30-33-56-50(34-42)49-16-8-11-19-55(49)60-56/h3-36H,1-2H3. The van der Waals surface area contributed by atoms with Gasteiger partial charge in [0.25, 0.3) is 0 Å². The Kier molecular flexibility index (Phi) is 7.79. The normalized spacial score (nSPS) is 13.0. The Morgan fingerprint density at radius 3 is 1.75 bits per heavy atom. The highest BCUT2D eigenvalue weighted by Crippen LogP contribution is 2.51. The van der Waals surface area contributed by atoms with Crippen molar-refractivity contribution in [2.75, 3.05) is 4.90 Å². The SMILES string of the molecule is CC1(C)c2ccccc2-c2ccc(N(c3ccc(-c4ccc(-c5ccccc5)cc4)cc3)c3ccc4c5ccccc5n(-c5ccc6sc7ccccc7c6c5)c4c3)cc21. The van der Waals surface area contributed by atoms with Gasteiger partial charge in [-0.25, -0.2) is 0 Å². The van der Waals surface area contributed by atoms with Crippen LogP contribution in [-0.2, 0) is 5.41 Å². The van der Waals surface area contributed by atoms with E-state index in [1.165, 1.54) is 92.2 Å². The first-order valence-electron chi connectivity index (χ1n) is 20.7. The van der Waals surface area contributed by atoms with E-state index < -0.39 is 0 Å². The summed E-state index contributed by atoms with van der Waals surface area (Å²) in [4.78, 5) is 2.44. The first-order valence-corrected chi connectivity index (χ1v) is 21.6. The van der Waals surface area contributed by atoms with Gasteiger partial charge in [0.05, 0.1) is 11.0 Å². The molecule has 0 amide bonds. The van der Waals surface area contributed by atoms with E-state index in [0.717, 1.165) is 17.1 Å². The number of fused-ring (bicyclic) bond motifs is 9. The quantitative estimate of drug-likeness (QED) is 0.163. The van der Waals surface area contributed by atoms with Crippen LogP contribution in [0, 0.1) is 0 Å². The molecule has 0 unspecified atom stereocenters. The Morgan fingerprint density at radius 1 is 0.383 bits per heavy atom. The summed E-state index contributed by atoms with van der Waals surface area (Å²) in [5.74, 6) is 0. The zero-order chi connectivity index (χ0) is 40.0. The molecule has 0 saturated carbocycles. The van der Waals surface area contributed by atoms with E-state index in [1.54, 1.807) is 0 Å². The Hall–Kier alpha value is -7.20. The molecule has 0 aliphatic heterocycles. The fraction of sp³-hybridized carbons (Fsp3) is 0.0526. The molecular weight excluding hydrogens is 745 g/mol. The molecule has 3 heteroatoms. The van der Waals surface area contributed by atoms with Crippen LogP contribution in [-0.4, -0.2) is 4.57 Å². The predicted molar refractivity (Wildman–Crippen MR) is 257 cm³/mol. The van der Waals surface area contributed by atoms with E-state index in [0.29, 0.717) is 0 Å². The van der Waals surface area contributed by atoms with Crippen LogP contribution in [0.3, 0.4) is 0 Å². The molecule has 1 aliphatic rings. The molecule has 284 valence electrons. The molecule has 0 N–H and O–H groups in total. The average Bonchev–Trinajstić information content (AvgIpc) is 3.92. The Bertz CT molecular complexity index is 3440. The van der Waals surface area contributed by atoms with Crippen molar-refractivity contribution >= 4 is 70.4 Å². The third-order valence-corrected chi connectivity index (χ3v) is 14.0. The van der Waals surface area contributed by atoms with Crippen LogP contribution in [0.25, 0.3) is 81.0 Å². The number of nitrogens with zero attached hydrogens (tertiary/aromatic N) is 2. The summed E-state index contributed by atoms with van der Waals surface area (Å²) in [6, 6.07) is 76.2. The molecule has 0 saturated heterocycles. The van der Waals surface area contributed by atoms with Gasteiger partial charge in [0.15, 0.2) is 0 Å². The highest BCUT2D eigenvalue weighted by Gasteiger charge is 2.35. The molecular formula is C57H40N2S. The molecule has 11 aromatic rings. The summed E-state index contributed by atoms with van der Waals surface area (Å²) in [6.45, 7) is 4.73. The summed E-state index contributed by atoms with van der Waals surface area (Å²) >= 11 is 1.86. The van der Waals surface area contributed by atoms with Crippen molar-refractivity contribution in [1.29, 1.82) is 0 Å². The molecule has 12 rings (SSSR count). The van der Waals surface area contributed by atoms with Crippen molar-refractivity contribution in [2.45, 2.75) is 19.3 Å². The van der Waals surface area contributed by atoms with Gasteiger partial charge >= 0.3 is 0 Å². The number of hydrogen-bond donors (Lipinski definition) is 0. The summed E-state index contributed by atoms with van der Waals surface area (Å²) in [7, 11) is 0. The topological polar surface area (TPSA) is 8.17 Å². The average molecular weight is 785 g/mol. The summed E-state index contributed by atoms with van der Waals surface area (Å²) in [5.41, 5.74) is 17.0. The van der Waals surface area contributed by atoms with Gasteiger partial charge in [-0.15, -0.1) is 11.3 Å². The minimum absolute atomic E-state index is 0.121. The third kappa shape index (κ3) is 5.40. The van der Waals surface area contributed by atoms with Gasteiger partial charge in [0, 0.05) is 59.1 Å². The molecule has 2 heterocycles. The van der Waals surface area contributed by atoms with Crippen LogP contribution in [0.5, 0.6) is 0 Å². The zero-order valence-electron chi connectivity index (χ0n) is 33.4. The predicted octanol–water partition coefficient (Wildman–Crippen LogP) is 16.3. The third-order valence-electron chi connectivity index (χ3n) is 12.8. The first kappa shape index (κ1) is 34.8. The first-order chi connectivity index (χ1) is 29.5. The number of para-hydroxylation sites is 1. The van der Waals surface area contributed by atoms with Gasteiger partial charge in [-0.1, -0.05) is 153 Å². The maximum absolute atomic E-state index is 2.46. The molecule has 0 bridgehead atoms. The summed E-state index contributed by atoms with van der Waals surface area (Å²) < 4.78 is 5.09. The molecule has 0 atom stereocenters. The summed E-state index contributed by atoms with van der Waals surface area (Å²) in [5, 5.41) is 5.10. The van der Waals surface area contributed by atoms with Crippen molar-refractivity contribution < 1.29 is 0 Å². The van der Waals surface area contributed by atoms with Crippen LogP contribution >= 0.6 is 11.3 Å². The fourth-order valence-corrected chi connectivity index (χ4v) is 10.9. The molecule has 0 fully saturated rings.